The molecule has 0 saturated carbocycles. The number of anilines is 1. The van der Waals surface area contributed by atoms with Crippen molar-refractivity contribution in [3.05, 3.63) is 40.5 Å². The van der Waals surface area contributed by atoms with Crippen molar-refractivity contribution in [3.63, 3.8) is 0 Å². The predicted molar refractivity (Wildman–Crippen MR) is 101 cm³/mol. The number of aryl methyl sites for hydroxylation is 1. The lowest BCUT2D eigenvalue weighted by atomic mass is 10.0. The van der Waals surface area contributed by atoms with Crippen molar-refractivity contribution in [1.82, 2.24) is 0 Å². The van der Waals surface area contributed by atoms with E-state index in [1.54, 1.807) is 19.1 Å². The molecule has 0 spiro atoms. The summed E-state index contributed by atoms with van der Waals surface area (Å²) in [6.07, 6.45) is 0.124. The average molecular weight is 393 g/mol. The van der Waals surface area contributed by atoms with Crippen molar-refractivity contribution in [3.8, 4) is 11.1 Å². The number of carboxylic acid groups (broad SMARTS) is 1. The average Bonchev–Trinajstić information content (AvgIpc) is 2.94. The fourth-order valence-electron chi connectivity index (χ4n) is 2.47. The van der Waals surface area contributed by atoms with Crippen molar-refractivity contribution >= 4 is 34.2 Å². The van der Waals surface area contributed by atoms with Gasteiger partial charge in [-0.05, 0) is 31.0 Å². The zero-order valence-electron chi connectivity index (χ0n) is 15.0. The Morgan fingerprint density at radius 3 is 2.44 bits per heavy atom. The quantitative estimate of drug-likeness (QED) is 0.655. The number of thiophene rings is 1. The van der Waals surface area contributed by atoms with Crippen LogP contribution in [0.5, 0.6) is 0 Å². The van der Waals surface area contributed by atoms with Crippen LogP contribution in [0.1, 0.15) is 41.4 Å². The molecule has 0 unspecified atom stereocenters. The third-order valence-corrected chi connectivity index (χ3v) is 4.70. The lowest BCUT2D eigenvalue weighted by Crippen LogP contribution is -2.15. The van der Waals surface area contributed by atoms with Gasteiger partial charge in [0.1, 0.15) is 16.4 Å². The van der Waals surface area contributed by atoms with Gasteiger partial charge in [-0.3, -0.25) is 9.59 Å². The number of carbonyl (C=O) groups is 3. The Hall–Kier alpha value is -2.74. The third kappa shape index (κ3) is 5.37. The number of carbonyl (C=O) groups excluding carboxylic acids is 2. The van der Waals surface area contributed by atoms with E-state index in [1.165, 1.54) is 23.5 Å². The summed E-state index contributed by atoms with van der Waals surface area (Å²) in [4.78, 5) is 36.0. The van der Waals surface area contributed by atoms with Crippen molar-refractivity contribution in [2.45, 2.75) is 33.1 Å². The summed E-state index contributed by atoms with van der Waals surface area (Å²) in [5.74, 6) is -2.58. The first-order chi connectivity index (χ1) is 12.8. The first-order valence-electron chi connectivity index (χ1n) is 8.41. The number of halogens is 1. The second-order valence-corrected chi connectivity index (χ2v) is 7.05. The van der Waals surface area contributed by atoms with Crippen LogP contribution in [0.25, 0.3) is 11.1 Å². The summed E-state index contributed by atoms with van der Waals surface area (Å²) in [7, 11) is 0. The zero-order chi connectivity index (χ0) is 20.0. The number of benzene rings is 1. The molecule has 1 amide bonds. The minimum absolute atomic E-state index is 0.196. The van der Waals surface area contributed by atoms with Crippen LogP contribution >= 0.6 is 11.3 Å². The van der Waals surface area contributed by atoms with Crippen LogP contribution in [0.15, 0.2) is 24.3 Å². The fraction of sp³-hybridized carbons (Fsp3) is 0.316. The molecular formula is C19H20FNO5S. The van der Waals surface area contributed by atoms with E-state index in [2.05, 4.69) is 5.32 Å². The molecule has 1 heterocycles. The molecule has 1 aromatic carbocycles. The smallest absolute Gasteiger partial charge is 0.341 e. The molecule has 27 heavy (non-hydrogen) atoms. The number of aliphatic carboxylic acids is 1. The summed E-state index contributed by atoms with van der Waals surface area (Å²) >= 11 is 1.19. The van der Waals surface area contributed by atoms with Crippen LogP contribution in [0.4, 0.5) is 9.39 Å². The Bertz CT molecular complexity index is 845. The predicted octanol–water partition coefficient (Wildman–Crippen LogP) is 4.23. The van der Waals surface area contributed by atoms with Gasteiger partial charge in [0.05, 0.1) is 13.0 Å². The van der Waals surface area contributed by atoms with Crippen LogP contribution in [0, 0.1) is 12.7 Å². The van der Waals surface area contributed by atoms with Crippen LogP contribution in [-0.2, 0) is 14.3 Å². The van der Waals surface area contributed by atoms with E-state index < -0.39 is 23.7 Å². The Morgan fingerprint density at radius 1 is 1.19 bits per heavy atom. The van der Waals surface area contributed by atoms with Gasteiger partial charge in [-0.15, -0.1) is 11.3 Å². The molecule has 0 aliphatic rings. The van der Waals surface area contributed by atoms with Crippen molar-refractivity contribution in [2.24, 2.45) is 0 Å². The number of hydrogen-bond acceptors (Lipinski definition) is 5. The molecule has 144 valence electrons. The second kappa shape index (κ2) is 9.27. The largest absolute Gasteiger partial charge is 0.481 e. The maximum absolute atomic E-state index is 13.3. The van der Waals surface area contributed by atoms with Crippen LogP contribution in [0.3, 0.4) is 0 Å². The molecule has 2 rings (SSSR count). The van der Waals surface area contributed by atoms with Gasteiger partial charge in [-0.25, -0.2) is 9.18 Å². The first kappa shape index (κ1) is 20.6. The van der Waals surface area contributed by atoms with E-state index >= 15 is 0 Å². The van der Waals surface area contributed by atoms with E-state index in [9.17, 15) is 18.8 Å². The third-order valence-electron chi connectivity index (χ3n) is 3.68. The molecule has 0 saturated heterocycles. The Labute approximate surface area is 160 Å². The lowest BCUT2D eigenvalue weighted by Gasteiger charge is -2.09. The second-order valence-electron chi connectivity index (χ2n) is 5.82. The monoisotopic (exact) mass is 393 g/mol. The van der Waals surface area contributed by atoms with Crippen molar-refractivity contribution < 1.29 is 28.6 Å². The molecule has 0 atom stereocenters. The number of ether oxygens (including phenoxy) is 1. The Morgan fingerprint density at radius 2 is 1.85 bits per heavy atom. The molecule has 1 aromatic heterocycles. The molecule has 0 aliphatic carbocycles. The van der Waals surface area contributed by atoms with Gasteiger partial charge in [-0.2, -0.15) is 0 Å². The molecule has 0 radical (unpaired) electrons. The van der Waals surface area contributed by atoms with Gasteiger partial charge in [-0.1, -0.05) is 19.1 Å². The SMILES string of the molecule is CCCOC(=O)c1c(NC(=O)CCC(=O)O)sc(C)c1-c1ccc(F)cc1. The Kier molecular flexibility index (Phi) is 7.06. The number of carboxylic acids is 1. The van der Waals surface area contributed by atoms with E-state index in [-0.39, 0.29) is 25.0 Å². The molecule has 2 aromatic rings. The van der Waals surface area contributed by atoms with E-state index in [0.29, 0.717) is 22.5 Å². The number of hydrogen-bond donors (Lipinski definition) is 2. The summed E-state index contributed by atoms with van der Waals surface area (Å²) in [6, 6.07) is 5.69. The summed E-state index contributed by atoms with van der Waals surface area (Å²) in [5, 5.41) is 11.6. The number of rotatable bonds is 8. The van der Waals surface area contributed by atoms with E-state index in [1.807, 2.05) is 6.92 Å². The summed E-state index contributed by atoms with van der Waals surface area (Å²) in [6.45, 7) is 3.87. The van der Waals surface area contributed by atoms with Crippen LogP contribution in [0.2, 0.25) is 0 Å². The molecule has 8 heteroatoms. The van der Waals surface area contributed by atoms with Gasteiger partial charge < -0.3 is 15.2 Å². The fourth-order valence-corrected chi connectivity index (χ4v) is 3.55. The van der Waals surface area contributed by atoms with Gasteiger partial charge >= 0.3 is 11.9 Å². The van der Waals surface area contributed by atoms with Crippen molar-refractivity contribution in [2.75, 3.05) is 11.9 Å². The maximum atomic E-state index is 13.3. The number of nitrogens with one attached hydrogen (secondary N) is 1. The highest BCUT2D eigenvalue weighted by molar-refractivity contribution is 7.17. The molecule has 0 aliphatic heterocycles. The topological polar surface area (TPSA) is 92.7 Å². The van der Waals surface area contributed by atoms with Gasteiger partial charge in [0.15, 0.2) is 0 Å². The summed E-state index contributed by atoms with van der Waals surface area (Å²) in [5.41, 5.74) is 1.38. The maximum Gasteiger partial charge on any atom is 0.341 e. The Balaban J connectivity index is 2.42. The van der Waals surface area contributed by atoms with Gasteiger partial charge in [0.25, 0.3) is 0 Å². The highest BCUT2D eigenvalue weighted by Gasteiger charge is 2.25. The minimum Gasteiger partial charge on any atom is -0.481 e. The van der Waals surface area contributed by atoms with E-state index in [0.717, 1.165) is 4.88 Å². The standard InChI is InChI=1S/C19H20FNO5S/c1-3-10-26-19(25)17-16(12-4-6-13(20)7-5-12)11(2)27-18(17)21-14(22)8-9-15(23)24/h4-7H,3,8-10H2,1-2H3,(H,21,22)(H,23,24). The highest BCUT2D eigenvalue weighted by Crippen LogP contribution is 2.40. The summed E-state index contributed by atoms with van der Waals surface area (Å²) < 4.78 is 18.5. The number of amides is 1. The zero-order valence-corrected chi connectivity index (χ0v) is 15.8. The molecule has 0 bridgehead atoms. The first-order valence-corrected chi connectivity index (χ1v) is 9.23. The van der Waals surface area contributed by atoms with Crippen molar-refractivity contribution in [1.29, 1.82) is 0 Å². The van der Waals surface area contributed by atoms with Gasteiger partial charge in [0.2, 0.25) is 5.91 Å². The number of esters is 1. The van der Waals surface area contributed by atoms with E-state index in [4.69, 9.17) is 9.84 Å². The normalized spacial score (nSPS) is 10.5. The molecule has 0 fully saturated rings. The molecule has 2 N–H and O–H groups in total. The van der Waals surface area contributed by atoms with Crippen LogP contribution in [-0.4, -0.2) is 29.6 Å². The lowest BCUT2D eigenvalue weighted by molar-refractivity contribution is -0.138. The van der Waals surface area contributed by atoms with Gasteiger partial charge in [0, 0.05) is 16.9 Å². The van der Waals surface area contributed by atoms with Crippen LogP contribution < -0.4 is 5.32 Å². The molecule has 6 nitrogen and oxygen atoms in total. The molecular weight excluding hydrogens is 373 g/mol. The highest BCUT2D eigenvalue weighted by atomic mass is 32.1. The minimum atomic E-state index is -1.08.